The van der Waals surface area contributed by atoms with Gasteiger partial charge in [0, 0.05) is 6.04 Å². The van der Waals surface area contributed by atoms with E-state index >= 15 is 0 Å². The number of carbonyl (C=O) groups excluding carboxylic acids is 1. The Kier molecular flexibility index (Phi) is 5.12. The average molecular weight is 245 g/mol. The van der Waals surface area contributed by atoms with Crippen molar-refractivity contribution in [2.24, 2.45) is 0 Å². The monoisotopic (exact) mass is 245 g/mol. The fourth-order valence-corrected chi connectivity index (χ4v) is 2.34. The summed E-state index contributed by atoms with van der Waals surface area (Å²) in [5.74, 6) is 0.407. The summed E-state index contributed by atoms with van der Waals surface area (Å²) in [6, 6.07) is -0.525. The van der Waals surface area contributed by atoms with Crippen molar-refractivity contribution in [1.29, 1.82) is 0 Å². The molecular formula is C11H19NO3S. The standard InChI is InChI=1S/C11H19NO3S/c1-3-6-16-7-10(13)12(9-4-5-9)8(2)11(14)15/h8-9H,3-7H2,1-2H3,(H,14,15). The van der Waals surface area contributed by atoms with Crippen LogP contribution in [0, 0.1) is 0 Å². The highest BCUT2D eigenvalue weighted by Gasteiger charge is 2.37. The maximum absolute atomic E-state index is 11.9. The molecule has 0 aromatic heterocycles. The summed E-state index contributed by atoms with van der Waals surface area (Å²) in [6.07, 6.45) is 2.93. The second-order valence-electron chi connectivity index (χ2n) is 4.10. The molecule has 1 fully saturated rings. The van der Waals surface area contributed by atoms with Crippen LogP contribution in [0.15, 0.2) is 0 Å². The molecule has 1 amide bonds. The van der Waals surface area contributed by atoms with Crippen LogP contribution < -0.4 is 0 Å². The zero-order valence-corrected chi connectivity index (χ0v) is 10.6. The Bertz CT molecular complexity index is 266. The molecule has 0 aromatic rings. The summed E-state index contributed by atoms with van der Waals surface area (Å²) in [7, 11) is 0. The van der Waals surface area contributed by atoms with E-state index < -0.39 is 12.0 Å². The molecule has 16 heavy (non-hydrogen) atoms. The van der Waals surface area contributed by atoms with Crippen molar-refractivity contribution in [3.8, 4) is 0 Å². The first-order valence-electron chi connectivity index (χ1n) is 5.69. The van der Waals surface area contributed by atoms with Crippen molar-refractivity contribution in [3.05, 3.63) is 0 Å². The van der Waals surface area contributed by atoms with E-state index in [1.807, 2.05) is 0 Å². The SMILES string of the molecule is CCCSCC(=O)N(C1CC1)C(C)C(=O)O. The number of aliphatic carboxylic acids is 1. The normalized spacial score (nSPS) is 16.9. The molecule has 0 aliphatic heterocycles. The predicted molar refractivity (Wildman–Crippen MR) is 64.6 cm³/mol. The third-order valence-corrected chi connectivity index (χ3v) is 3.72. The summed E-state index contributed by atoms with van der Waals surface area (Å²) in [5.41, 5.74) is 0. The lowest BCUT2D eigenvalue weighted by atomic mass is 10.2. The fourth-order valence-electron chi connectivity index (χ4n) is 1.59. The van der Waals surface area contributed by atoms with Gasteiger partial charge in [-0.15, -0.1) is 0 Å². The number of amides is 1. The van der Waals surface area contributed by atoms with E-state index in [0.717, 1.165) is 25.0 Å². The van der Waals surface area contributed by atoms with Gasteiger partial charge >= 0.3 is 5.97 Å². The van der Waals surface area contributed by atoms with Crippen molar-refractivity contribution < 1.29 is 14.7 Å². The number of carboxylic acid groups (broad SMARTS) is 1. The molecule has 0 aromatic carbocycles. The van der Waals surface area contributed by atoms with Crippen LogP contribution in [0.3, 0.4) is 0 Å². The van der Waals surface area contributed by atoms with Crippen LogP contribution in [0.1, 0.15) is 33.1 Å². The summed E-state index contributed by atoms with van der Waals surface area (Å²) in [4.78, 5) is 24.3. The number of nitrogens with zero attached hydrogens (tertiary/aromatic N) is 1. The molecule has 1 rings (SSSR count). The lowest BCUT2D eigenvalue weighted by Gasteiger charge is -2.26. The molecule has 1 atom stereocenters. The van der Waals surface area contributed by atoms with Crippen LogP contribution in [-0.4, -0.2) is 45.5 Å². The van der Waals surface area contributed by atoms with Gasteiger partial charge < -0.3 is 10.0 Å². The minimum absolute atomic E-state index is 0.0316. The van der Waals surface area contributed by atoms with Gasteiger partial charge in [0.05, 0.1) is 5.75 Å². The van der Waals surface area contributed by atoms with Crippen molar-refractivity contribution in [2.45, 2.75) is 45.2 Å². The Morgan fingerprint density at radius 2 is 2.12 bits per heavy atom. The topological polar surface area (TPSA) is 57.6 Å². The Balaban J connectivity index is 2.49. The molecule has 0 heterocycles. The molecule has 0 radical (unpaired) electrons. The van der Waals surface area contributed by atoms with Crippen LogP contribution in [0.4, 0.5) is 0 Å². The maximum atomic E-state index is 11.9. The first-order chi connectivity index (χ1) is 7.57. The first-order valence-corrected chi connectivity index (χ1v) is 6.85. The van der Waals surface area contributed by atoms with Gasteiger partial charge in [-0.05, 0) is 31.9 Å². The molecule has 1 aliphatic rings. The Morgan fingerprint density at radius 1 is 1.50 bits per heavy atom. The van der Waals surface area contributed by atoms with Crippen LogP contribution in [0.5, 0.6) is 0 Å². The van der Waals surface area contributed by atoms with Gasteiger partial charge in [-0.2, -0.15) is 11.8 Å². The first kappa shape index (κ1) is 13.4. The van der Waals surface area contributed by atoms with E-state index in [2.05, 4.69) is 6.92 Å². The number of carbonyl (C=O) groups is 2. The molecule has 0 spiro atoms. The van der Waals surface area contributed by atoms with Crippen molar-refractivity contribution in [1.82, 2.24) is 4.90 Å². The fraction of sp³-hybridized carbons (Fsp3) is 0.818. The van der Waals surface area contributed by atoms with Crippen LogP contribution in [-0.2, 0) is 9.59 Å². The second-order valence-corrected chi connectivity index (χ2v) is 5.20. The summed E-state index contributed by atoms with van der Waals surface area (Å²) >= 11 is 1.58. The van der Waals surface area contributed by atoms with Gasteiger partial charge in [0.15, 0.2) is 0 Å². The summed E-state index contributed by atoms with van der Waals surface area (Å²) in [6.45, 7) is 3.65. The number of rotatable bonds is 7. The lowest BCUT2D eigenvalue weighted by Crippen LogP contribution is -2.45. The number of carboxylic acids is 1. The zero-order chi connectivity index (χ0) is 12.1. The molecule has 0 bridgehead atoms. The smallest absolute Gasteiger partial charge is 0.326 e. The largest absolute Gasteiger partial charge is 0.480 e. The highest BCUT2D eigenvalue weighted by atomic mass is 32.2. The molecule has 4 nitrogen and oxygen atoms in total. The summed E-state index contributed by atoms with van der Waals surface area (Å²) in [5, 5.41) is 8.95. The van der Waals surface area contributed by atoms with E-state index in [4.69, 9.17) is 5.11 Å². The molecular weight excluding hydrogens is 226 g/mol. The van der Waals surface area contributed by atoms with Gasteiger partial charge in [-0.1, -0.05) is 6.92 Å². The Hall–Kier alpha value is -0.710. The van der Waals surface area contributed by atoms with Crippen molar-refractivity contribution in [3.63, 3.8) is 0 Å². The number of thioether (sulfide) groups is 1. The molecule has 0 saturated heterocycles. The van der Waals surface area contributed by atoms with E-state index in [1.54, 1.807) is 23.6 Å². The molecule has 5 heteroatoms. The molecule has 1 saturated carbocycles. The highest BCUT2D eigenvalue weighted by Crippen LogP contribution is 2.29. The van der Waals surface area contributed by atoms with Gasteiger partial charge in [-0.25, -0.2) is 4.79 Å². The molecule has 92 valence electrons. The number of hydrogen-bond acceptors (Lipinski definition) is 3. The second kappa shape index (κ2) is 6.13. The van der Waals surface area contributed by atoms with Crippen LogP contribution in [0.2, 0.25) is 0 Å². The number of hydrogen-bond donors (Lipinski definition) is 1. The summed E-state index contributed by atoms with van der Waals surface area (Å²) < 4.78 is 0. The third-order valence-electron chi connectivity index (χ3n) is 2.58. The average Bonchev–Trinajstić information content (AvgIpc) is 3.02. The molecule has 1 unspecified atom stereocenters. The predicted octanol–water partition coefficient (Wildman–Crippen LogP) is 1.59. The van der Waals surface area contributed by atoms with E-state index in [9.17, 15) is 9.59 Å². The minimum atomic E-state index is -0.916. The van der Waals surface area contributed by atoms with Crippen molar-refractivity contribution in [2.75, 3.05) is 11.5 Å². The van der Waals surface area contributed by atoms with E-state index in [1.165, 1.54) is 0 Å². The molecule has 1 aliphatic carbocycles. The Labute approximate surface area is 100 Å². The van der Waals surface area contributed by atoms with Gasteiger partial charge in [0.1, 0.15) is 6.04 Å². The van der Waals surface area contributed by atoms with Crippen molar-refractivity contribution >= 4 is 23.6 Å². The van der Waals surface area contributed by atoms with Crippen LogP contribution in [0.25, 0.3) is 0 Å². The maximum Gasteiger partial charge on any atom is 0.326 e. The minimum Gasteiger partial charge on any atom is -0.480 e. The molecule has 1 N–H and O–H groups in total. The van der Waals surface area contributed by atoms with Crippen LogP contribution >= 0.6 is 11.8 Å². The van der Waals surface area contributed by atoms with Gasteiger partial charge in [0.25, 0.3) is 0 Å². The van der Waals surface area contributed by atoms with E-state index in [0.29, 0.717) is 5.75 Å². The van der Waals surface area contributed by atoms with E-state index in [-0.39, 0.29) is 11.9 Å². The van der Waals surface area contributed by atoms with Gasteiger partial charge in [-0.3, -0.25) is 4.79 Å². The quantitative estimate of drug-likeness (QED) is 0.692. The highest BCUT2D eigenvalue weighted by molar-refractivity contribution is 7.99. The van der Waals surface area contributed by atoms with Gasteiger partial charge in [0.2, 0.25) is 5.91 Å². The Morgan fingerprint density at radius 3 is 2.56 bits per heavy atom. The third kappa shape index (κ3) is 3.70. The lowest BCUT2D eigenvalue weighted by molar-refractivity contribution is -0.148. The zero-order valence-electron chi connectivity index (χ0n) is 9.81.